The van der Waals surface area contributed by atoms with E-state index in [0.29, 0.717) is 30.6 Å². The molecule has 0 aliphatic carbocycles. The highest BCUT2D eigenvalue weighted by atomic mass is 16.5. The largest absolute Gasteiger partial charge is 0.469 e. The number of esters is 1. The van der Waals surface area contributed by atoms with Crippen LogP contribution in [0.2, 0.25) is 0 Å². The molecule has 2 aromatic carbocycles. The van der Waals surface area contributed by atoms with Gasteiger partial charge in [0.1, 0.15) is 5.84 Å². The van der Waals surface area contributed by atoms with Crippen LogP contribution in [-0.2, 0) is 14.3 Å². The van der Waals surface area contributed by atoms with E-state index >= 15 is 0 Å². The minimum absolute atomic E-state index is 0.00443. The average Bonchev–Trinajstić information content (AvgIpc) is 2.84. The van der Waals surface area contributed by atoms with Gasteiger partial charge in [-0.15, -0.1) is 0 Å². The third-order valence-electron chi connectivity index (χ3n) is 5.62. The van der Waals surface area contributed by atoms with Gasteiger partial charge < -0.3 is 20.1 Å². The van der Waals surface area contributed by atoms with Gasteiger partial charge in [0.25, 0.3) is 5.91 Å². The van der Waals surface area contributed by atoms with Gasteiger partial charge in [-0.2, -0.15) is 4.99 Å². The highest BCUT2D eigenvalue weighted by molar-refractivity contribution is 6.03. The molecular formula is C24H27N3O5. The molecule has 0 aromatic heterocycles. The Hall–Kier alpha value is -3.68. The third kappa shape index (κ3) is 5.72. The van der Waals surface area contributed by atoms with Crippen LogP contribution in [0.25, 0.3) is 11.1 Å². The van der Waals surface area contributed by atoms with E-state index in [1.165, 1.54) is 14.2 Å². The molecule has 1 aliphatic heterocycles. The minimum Gasteiger partial charge on any atom is -0.469 e. The van der Waals surface area contributed by atoms with Crippen LogP contribution < -0.4 is 5.73 Å². The maximum atomic E-state index is 12.8. The summed E-state index contributed by atoms with van der Waals surface area (Å²) in [5.41, 5.74) is 8.95. The second-order valence-corrected chi connectivity index (χ2v) is 7.64. The molecule has 0 radical (unpaired) electrons. The lowest BCUT2D eigenvalue weighted by molar-refractivity contribution is -0.142. The number of carbonyl (C=O) groups is 3. The highest BCUT2D eigenvalue weighted by Crippen LogP contribution is 2.24. The van der Waals surface area contributed by atoms with Gasteiger partial charge in [-0.05, 0) is 42.0 Å². The van der Waals surface area contributed by atoms with Gasteiger partial charge in [0.2, 0.25) is 0 Å². The van der Waals surface area contributed by atoms with Gasteiger partial charge in [-0.25, -0.2) is 4.79 Å². The van der Waals surface area contributed by atoms with E-state index in [4.69, 9.17) is 10.5 Å². The van der Waals surface area contributed by atoms with Crippen molar-refractivity contribution < 1.29 is 23.9 Å². The molecule has 32 heavy (non-hydrogen) atoms. The number of carbonyl (C=O) groups excluding carboxylic acids is 3. The molecule has 1 heterocycles. The smallest absolute Gasteiger partial charge is 0.435 e. The first kappa shape index (κ1) is 23.0. The fraction of sp³-hybridized carbons (Fsp3) is 0.333. The van der Waals surface area contributed by atoms with E-state index in [1.54, 1.807) is 12.1 Å². The lowest BCUT2D eigenvalue weighted by Gasteiger charge is -2.31. The average molecular weight is 437 g/mol. The van der Waals surface area contributed by atoms with Crippen molar-refractivity contribution in [1.82, 2.24) is 4.90 Å². The van der Waals surface area contributed by atoms with Crippen molar-refractivity contribution in [2.24, 2.45) is 16.6 Å². The molecule has 8 nitrogen and oxygen atoms in total. The van der Waals surface area contributed by atoms with Crippen LogP contribution in [-0.4, -0.2) is 56.0 Å². The Balaban J connectivity index is 1.61. The van der Waals surface area contributed by atoms with Crippen molar-refractivity contribution in [2.75, 3.05) is 27.3 Å². The predicted molar refractivity (Wildman–Crippen MR) is 120 cm³/mol. The molecule has 2 aromatic rings. The zero-order valence-corrected chi connectivity index (χ0v) is 18.2. The molecule has 1 saturated heterocycles. The number of amidine groups is 1. The number of aliphatic imine (C=N–C) groups is 1. The highest BCUT2D eigenvalue weighted by Gasteiger charge is 2.25. The van der Waals surface area contributed by atoms with E-state index in [-0.39, 0.29) is 23.6 Å². The van der Waals surface area contributed by atoms with Crippen molar-refractivity contribution in [3.05, 3.63) is 59.7 Å². The van der Waals surface area contributed by atoms with E-state index in [9.17, 15) is 14.4 Å². The van der Waals surface area contributed by atoms with Gasteiger partial charge in [0, 0.05) is 30.6 Å². The molecule has 2 N–H and O–H groups in total. The predicted octanol–water partition coefficient (Wildman–Crippen LogP) is 3.24. The molecule has 0 saturated carbocycles. The maximum Gasteiger partial charge on any atom is 0.435 e. The summed E-state index contributed by atoms with van der Waals surface area (Å²) in [5, 5.41) is 0. The van der Waals surface area contributed by atoms with Crippen LogP contribution in [0.1, 0.15) is 35.2 Å². The molecule has 0 bridgehead atoms. The lowest BCUT2D eigenvalue weighted by atomic mass is 9.93. The number of ether oxygens (including phenoxy) is 2. The monoisotopic (exact) mass is 437 g/mol. The number of hydrogen-bond acceptors (Lipinski definition) is 5. The van der Waals surface area contributed by atoms with Gasteiger partial charge in [-0.3, -0.25) is 9.59 Å². The molecule has 1 fully saturated rings. The molecular weight excluding hydrogens is 410 g/mol. The first-order valence-electron chi connectivity index (χ1n) is 10.4. The number of nitrogens with zero attached hydrogens (tertiary/aromatic N) is 2. The molecule has 0 atom stereocenters. The Morgan fingerprint density at radius 1 is 0.906 bits per heavy atom. The van der Waals surface area contributed by atoms with Gasteiger partial charge in [-0.1, -0.05) is 36.4 Å². The normalized spacial score (nSPS) is 14.7. The van der Waals surface area contributed by atoms with Crippen molar-refractivity contribution in [3.8, 4) is 11.1 Å². The van der Waals surface area contributed by atoms with E-state index < -0.39 is 6.09 Å². The summed E-state index contributed by atoms with van der Waals surface area (Å²) in [7, 11) is 2.64. The number of benzene rings is 2. The Bertz CT molecular complexity index is 991. The van der Waals surface area contributed by atoms with Crippen LogP contribution in [0, 0.1) is 5.92 Å². The van der Waals surface area contributed by atoms with E-state index in [2.05, 4.69) is 9.73 Å². The molecule has 1 aliphatic rings. The number of methoxy groups -OCH3 is 2. The summed E-state index contributed by atoms with van der Waals surface area (Å²) < 4.78 is 9.21. The number of nitrogens with two attached hydrogens (primary N) is 1. The number of hydrogen-bond donors (Lipinski definition) is 1. The molecule has 8 heteroatoms. The second-order valence-electron chi connectivity index (χ2n) is 7.64. The summed E-state index contributed by atoms with van der Waals surface area (Å²) in [6.07, 6.45) is 1.26. The summed E-state index contributed by atoms with van der Waals surface area (Å²) >= 11 is 0. The zero-order valence-electron chi connectivity index (χ0n) is 18.2. The third-order valence-corrected chi connectivity index (χ3v) is 5.62. The van der Waals surface area contributed by atoms with Crippen molar-refractivity contribution in [1.29, 1.82) is 0 Å². The number of likely N-dealkylation sites (tertiary alicyclic amines) is 1. The standard InChI is InChI=1S/C24H27N3O5/c1-31-21(28)15-16-11-13-27(14-12-16)23(29)20-9-5-18(6-10-20)17-3-7-19(8-4-17)22(25)26-24(30)32-2/h3-10,16H,11-15H2,1-2H3,(H2,25,26,30). The Morgan fingerprint density at radius 3 is 1.94 bits per heavy atom. The minimum atomic E-state index is -0.750. The molecule has 2 amide bonds. The lowest BCUT2D eigenvalue weighted by Crippen LogP contribution is -2.38. The van der Waals surface area contributed by atoms with Crippen LogP contribution >= 0.6 is 0 Å². The van der Waals surface area contributed by atoms with Crippen molar-refractivity contribution in [3.63, 3.8) is 0 Å². The van der Waals surface area contributed by atoms with Crippen LogP contribution in [0.3, 0.4) is 0 Å². The summed E-state index contributed by atoms with van der Waals surface area (Å²) in [6, 6.07) is 14.7. The van der Waals surface area contributed by atoms with Gasteiger partial charge in [0.15, 0.2) is 0 Å². The van der Waals surface area contributed by atoms with Crippen molar-refractivity contribution >= 4 is 23.8 Å². The van der Waals surface area contributed by atoms with Gasteiger partial charge >= 0.3 is 12.1 Å². The molecule has 0 unspecified atom stereocenters. The van der Waals surface area contributed by atoms with Crippen LogP contribution in [0.15, 0.2) is 53.5 Å². The molecule has 3 rings (SSSR count). The zero-order chi connectivity index (χ0) is 23.1. The summed E-state index contributed by atoms with van der Waals surface area (Å²) in [4.78, 5) is 41.0. The topological polar surface area (TPSA) is 111 Å². The Labute approximate surface area is 187 Å². The Morgan fingerprint density at radius 2 is 1.44 bits per heavy atom. The van der Waals surface area contributed by atoms with Crippen molar-refractivity contribution in [2.45, 2.75) is 19.3 Å². The van der Waals surface area contributed by atoms with Gasteiger partial charge in [0.05, 0.1) is 14.2 Å². The SMILES string of the molecule is COC(=O)CC1CCN(C(=O)c2ccc(-c3ccc(C(N)=NC(=O)OC)cc3)cc2)CC1. The van der Waals surface area contributed by atoms with E-state index in [0.717, 1.165) is 24.0 Å². The molecule has 168 valence electrons. The first-order chi connectivity index (χ1) is 15.4. The fourth-order valence-corrected chi connectivity index (χ4v) is 3.69. The quantitative estimate of drug-likeness (QED) is 0.437. The summed E-state index contributed by atoms with van der Waals surface area (Å²) in [6.45, 7) is 1.27. The summed E-state index contributed by atoms with van der Waals surface area (Å²) in [5.74, 6) is 0.148. The van der Waals surface area contributed by atoms with E-state index in [1.807, 2.05) is 41.3 Å². The number of rotatable bonds is 5. The first-order valence-corrected chi connectivity index (χ1v) is 10.4. The Kier molecular flexibility index (Phi) is 7.59. The number of amides is 2. The number of piperidine rings is 1. The molecule has 0 spiro atoms. The maximum absolute atomic E-state index is 12.8. The van der Waals surface area contributed by atoms with Crippen LogP contribution in [0.4, 0.5) is 4.79 Å². The fourth-order valence-electron chi connectivity index (χ4n) is 3.69. The second kappa shape index (κ2) is 10.6. The van der Waals surface area contributed by atoms with Crippen LogP contribution in [0.5, 0.6) is 0 Å².